The first-order valence-corrected chi connectivity index (χ1v) is 28.8. The summed E-state index contributed by atoms with van der Waals surface area (Å²) in [5.41, 5.74) is 4.44. The van der Waals surface area contributed by atoms with E-state index in [1.807, 2.05) is 109 Å². The Morgan fingerprint density at radius 1 is 0.570 bits per heavy atom. The summed E-state index contributed by atoms with van der Waals surface area (Å²) in [6.45, 7) is 16.5. The summed E-state index contributed by atoms with van der Waals surface area (Å²) >= 11 is 0. The first-order chi connectivity index (χ1) is 41.4. The number of halogens is 1. The molecular formula is C59H73ClN20O6. The number of carbonyl (C=O) groups excluding carboxylic acids is 1. The number of nitrogens with one attached hydrogen (secondary N) is 1. The third kappa shape index (κ3) is 16.3. The van der Waals surface area contributed by atoms with Gasteiger partial charge in [-0.1, -0.05) is 60.7 Å². The fourth-order valence-electron chi connectivity index (χ4n) is 10.3. The summed E-state index contributed by atoms with van der Waals surface area (Å²) in [5.74, 6) is 3.98. The van der Waals surface area contributed by atoms with Crippen molar-refractivity contribution in [2.24, 2.45) is 0 Å². The molecule has 0 aliphatic carbocycles. The van der Waals surface area contributed by atoms with Crippen molar-refractivity contribution in [3.63, 3.8) is 0 Å². The van der Waals surface area contributed by atoms with E-state index in [0.717, 1.165) is 74.7 Å². The van der Waals surface area contributed by atoms with Gasteiger partial charge >= 0.3 is 6.09 Å². The van der Waals surface area contributed by atoms with Gasteiger partial charge in [0.05, 0.1) is 57.4 Å². The maximum atomic E-state index is 12.5. The molecule has 12 rings (SSSR count). The van der Waals surface area contributed by atoms with Crippen molar-refractivity contribution < 1.29 is 29.2 Å². The predicted molar refractivity (Wildman–Crippen MR) is 321 cm³/mol. The zero-order valence-electron chi connectivity index (χ0n) is 48.5. The van der Waals surface area contributed by atoms with Crippen LogP contribution in [0.3, 0.4) is 0 Å². The first kappa shape index (κ1) is 60.7. The zero-order chi connectivity index (χ0) is 58.5. The fourth-order valence-corrected chi connectivity index (χ4v) is 10.3. The molecule has 4 fully saturated rings. The van der Waals surface area contributed by atoms with Crippen molar-refractivity contribution in [3.05, 3.63) is 168 Å². The molecule has 1 amide bonds. The van der Waals surface area contributed by atoms with Gasteiger partial charge in [-0.2, -0.15) is 20.2 Å². The number of anilines is 4. The van der Waals surface area contributed by atoms with Gasteiger partial charge in [-0.25, -0.2) is 44.7 Å². The molecule has 10 heterocycles. The Morgan fingerprint density at radius 2 is 1.01 bits per heavy atom. The Labute approximate surface area is 505 Å². The fraction of sp³-hybridized carbons (Fsp3) is 0.441. The van der Waals surface area contributed by atoms with Crippen molar-refractivity contribution in [1.82, 2.24) is 79.6 Å². The minimum Gasteiger partial charge on any atom is -0.444 e. The van der Waals surface area contributed by atoms with Gasteiger partial charge in [-0.3, -0.25) is 9.36 Å². The van der Waals surface area contributed by atoms with E-state index in [9.17, 15) is 15.0 Å². The van der Waals surface area contributed by atoms with Crippen LogP contribution in [0.2, 0.25) is 0 Å². The van der Waals surface area contributed by atoms with Gasteiger partial charge < -0.3 is 54.2 Å². The topological polar surface area (TPSA) is 278 Å². The second kappa shape index (κ2) is 28.7. The molecule has 0 spiro atoms. The largest absolute Gasteiger partial charge is 0.444 e. The molecule has 6 aromatic heterocycles. The van der Waals surface area contributed by atoms with Crippen molar-refractivity contribution in [3.8, 4) is 0 Å². The summed E-state index contributed by atoms with van der Waals surface area (Å²) in [5, 5.41) is 33.6. The monoisotopic (exact) mass is 1190 g/mol. The quantitative estimate of drug-likeness (QED) is 0.124. The number of amides is 1. The third-order valence-electron chi connectivity index (χ3n) is 14.8. The van der Waals surface area contributed by atoms with Crippen LogP contribution in [0.5, 0.6) is 0 Å². The number of hydrogen-bond donors (Lipinski definition) is 3. The molecule has 86 heavy (non-hydrogen) atoms. The molecular weight excluding hydrogens is 1120 g/mol. The van der Waals surface area contributed by atoms with E-state index in [-0.39, 0.29) is 30.7 Å². The Bertz CT molecular complexity index is 3380. The minimum absolute atomic E-state index is 0. The molecule has 4 saturated heterocycles. The van der Waals surface area contributed by atoms with Gasteiger partial charge in [0.15, 0.2) is 0 Å². The predicted octanol–water partition coefficient (Wildman–Crippen LogP) is 3.76. The zero-order valence-corrected chi connectivity index (χ0v) is 49.3. The number of benzene rings is 2. The summed E-state index contributed by atoms with van der Waals surface area (Å²) in [6.07, 6.45) is 16.8. The number of aliphatic hydroxyl groups is 2. The maximum absolute atomic E-state index is 12.5. The van der Waals surface area contributed by atoms with Crippen LogP contribution in [-0.2, 0) is 40.1 Å². The third-order valence-corrected chi connectivity index (χ3v) is 14.8. The van der Waals surface area contributed by atoms with E-state index in [0.29, 0.717) is 112 Å². The molecule has 8 aromatic rings. The van der Waals surface area contributed by atoms with Gasteiger partial charge in [0, 0.05) is 133 Å². The Kier molecular flexibility index (Phi) is 20.2. The van der Waals surface area contributed by atoms with E-state index in [1.54, 1.807) is 48.5 Å². The van der Waals surface area contributed by atoms with Crippen molar-refractivity contribution in [2.75, 3.05) is 111 Å². The number of nitrogens with zero attached hydrogens (tertiary/aromatic N) is 19. The molecule has 0 radical (unpaired) electrons. The Hall–Kier alpha value is -8.40. The summed E-state index contributed by atoms with van der Waals surface area (Å²) < 4.78 is 20.9. The lowest BCUT2D eigenvalue weighted by Crippen LogP contribution is -2.48. The molecule has 3 N–H and O–H groups in total. The second-order valence-corrected chi connectivity index (χ2v) is 22.2. The van der Waals surface area contributed by atoms with Crippen LogP contribution in [0.15, 0.2) is 123 Å². The van der Waals surface area contributed by atoms with Crippen LogP contribution < -0.4 is 24.9 Å². The van der Waals surface area contributed by atoms with E-state index in [4.69, 9.17) is 24.2 Å². The lowest BCUT2D eigenvalue weighted by Gasteiger charge is -2.34. The highest BCUT2D eigenvalue weighted by Crippen LogP contribution is 2.25. The second-order valence-electron chi connectivity index (χ2n) is 22.2. The van der Waals surface area contributed by atoms with Crippen molar-refractivity contribution in [2.45, 2.75) is 76.7 Å². The van der Waals surface area contributed by atoms with Crippen molar-refractivity contribution >= 4 is 42.3 Å². The minimum atomic E-state index is -0.762. The molecule has 2 unspecified atom stereocenters. The number of piperazine rings is 2. The molecule has 4 atom stereocenters. The van der Waals surface area contributed by atoms with Crippen LogP contribution in [0.25, 0.3) is 0 Å². The summed E-state index contributed by atoms with van der Waals surface area (Å²) in [6, 6.07) is 19.0. The lowest BCUT2D eigenvalue weighted by molar-refractivity contribution is -0.0483. The highest BCUT2D eigenvalue weighted by Gasteiger charge is 2.30. The van der Waals surface area contributed by atoms with Crippen LogP contribution in [0.1, 0.15) is 78.0 Å². The molecule has 2 aromatic carbocycles. The average Bonchev–Trinajstić information content (AvgIpc) is 4.34. The van der Waals surface area contributed by atoms with Crippen LogP contribution in [0.4, 0.5) is 28.6 Å². The average molecular weight is 1190 g/mol. The number of ether oxygens (including phenoxy) is 3. The molecule has 4 aliphatic rings. The van der Waals surface area contributed by atoms with Crippen LogP contribution >= 0.6 is 12.4 Å². The number of hydrogen-bond acceptors (Lipinski definition) is 23. The van der Waals surface area contributed by atoms with E-state index < -0.39 is 17.8 Å². The van der Waals surface area contributed by atoms with Gasteiger partial charge in [-0.05, 0) is 43.0 Å². The molecule has 452 valence electrons. The smallest absolute Gasteiger partial charge is 0.410 e. The normalized spacial score (nSPS) is 18.1. The van der Waals surface area contributed by atoms with E-state index >= 15 is 0 Å². The molecule has 4 aliphatic heterocycles. The summed E-state index contributed by atoms with van der Waals surface area (Å²) in [4.78, 5) is 68.0. The summed E-state index contributed by atoms with van der Waals surface area (Å²) in [7, 11) is 0. The molecule has 0 bridgehead atoms. The number of aliphatic hydroxyl groups excluding tert-OH is 2. The van der Waals surface area contributed by atoms with Gasteiger partial charge in [0.25, 0.3) is 0 Å². The van der Waals surface area contributed by atoms with Crippen LogP contribution in [-0.4, -0.2) is 200 Å². The van der Waals surface area contributed by atoms with Crippen molar-refractivity contribution in [1.29, 1.82) is 0 Å². The highest BCUT2D eigenvalue weighted by molar-refractivity contribution is 5.85. The molecule has 0 saturated carbocycles. The first-order valence-electron chi connectivity index (χ1n) is 28.8. The number of carbonyl (C=O) groups is 1. The van der Waals surface area contributed by atoms with E-state index in [2.05, 4.69) is 75.0 Å². The van der Waals surface area contributed by atoms with Gasteiger partial charge in [0.2, 0.25) is 23.8 Å². The van der Waals surface area contributed by atoms with E-state index in [1.165, 1.54) is 0 Å². The Balaban J connectivity index is 0.000000191. The Morgan fingerprint density at radius 3 is 1.45 bits per heavy atom. The molecule has 26 nitrogen and oxygen atoms in total. The lowest BCUT2D eigenvalue weighted by atomic mass is 10.0. The number of rotatable bonds is 16. The van der Waals surface area contributed by atoms with Crippen LogP contribution in [0, 0.1) is 0 Å². The number of aromatic nitrogens is 14. The van der Waals surface area contributed by atoms with Gasteiger partial charge in [0.1, 0.15) is 42.1 Å². The number of morpholine rings is 2. The SMILES string of the molecule is CC(C)(C)OC(=O)N1CCO[C@H](Cn2cc(Cc3ncnc(N4CCN(c5ncc(C(O)c6ccccc6)cn5)CC4)n3)cn2)C1.Cl.OC(c1ccccc1)c1cnc(N2CCN(c3ncnc(Cc4cnn(C[C@@H]5CNCCO5)c4)n3)CC2)nc1. The standard InChI is InChI=1S/C32H40N10O4.C27H32N10O2.ClH/c1-32(2,3)46-31(44)41-13-14-45-26(20-41)21-42-19-23(16-37-42)15-27-35-22-36-30(38-27)40-11-9-39(10-12-40)29-33-17-25(18-34-29)28(43)24-7-5-4-6-8-24;38-25(21-4-2-1-3-5-21)22-14-29-26(30-15-22)35-7-9-36(10-8-35)27-32-19-31-24(34-27)12-20-13-33-37(17-20)18-23-16-28-6-11-39-23;/h4-8,16-19,22,26,28,43H,9-15,20-21H2,1-3H3;1-5,13-15,17,19,23,25,28,38H,6-12,16,18H2;1H/t26-,28?;23-,25?;/m00./s1. The molecule has 27 heteroatoms. The van der Waals surface area contributed by atoms with Gasteiger partial charge in [-0.15, -0.1) is 12.4 Å². The highest BCUT2D eigenvalue weighted by atomic mass is 35.5. The maximum Gasteiger partial charge on any atom is 0.410 e.